The quantitative estimate of drug-likeness (QED) is 0.177. The average Bonchev–Trinajstić information content (AvgIpc) is 2.27. The molecule has 1 unspecified atom stereocenters. The van der Waals surface area contributed by atoms with Crippen molar-refractivity contribution in [3.8, 4) is 0 Å². The van der Waals surface area contributed by atoms with Crippen molar-refractivity contribution < 1.29 is 14.4 Å². The van der Waals surface area contributed by atoms with Crippen LogP contribution in [-0.2, 0) is 14.4 Å². The number of nitrogens with one attached hydrogen (secondary N) is 1. The summed E-state index contributed by atoms with van der Waals surface area (Å²) in [4.78, 5) is 32.9. The molecule has 6 heteroatoms. The number of hydrazine groups is 1. The van der Waals surface area contributed by atoms with Gasteiger partial charge in [0.2, 0.25) is 5.78 Å². The number of carbonyl (C=O) groups is 3. The molecule has 1 aliphatic rings. The minimum atomic E-state index is -1.13. The van der Waals surface area contributed by atoms with Crippen LogP contribution in [0.1, 0.15) is 13.3 Å². The fourth-order valence-corrected chi connectivity index (χ4v) is 1.17. The highest BCUT2D eigenvalue weighted by Crippen LogP contribution is 2.03. The van der Waals surface area contributed by atoms with E-state index in [1.807, 2.05) is 12.2 Å². The van der Waals surface area contributed by atoms with Gasteiger partial charge in [0.1, 0.15) is 0 Å². The fraction of sp³-hybridized carbons (Fsp3) is 0.571. The number of carbonyl (C=O) groups excluding carboxylic acids is 3. The fourth-order valence-electron chi connectivity index (χ4n) is 1.17. The molecule has 1 fully saturated rings. The maximum Gasteiger partial charge on any atom is 0.296 e. The zero-order chi connectivity index (χ0) is 10.0. The van der Waals surface area contributed by atoms with Gasteiger partial charge in [-0.25, -0.2) is 5.01 Å². The van der Waals surface area contributed by atoms with Crippen molar-refractivity contribution in [1.29, 1.82) is 0 Å². The molecule has 72 valence electrons. The number of Topliss-reactive ketones (excluding diaryl/α,β-unsaturated/α-hetero) is 1. The van der Waals surface area contributed by atoms with E-state index < -0.39 is 23.6 Å². The average molecular weight is 185 g/mol. The van der Waals surface area contributed by atoms with Crippen molar-refractivity contribution in [3.05, 3.63) is 0 Å². The van der Waals surface area contributed by atoms with E-state index in [2.05, 4.69) is 0 Å². The van der Waals surface area contributed by atoms with Crippen LogP contribution in [0.15, 0.2) is 0 Å². The van der Waals surface area contributed by atoms with Crippen LogP contribution in [0.4, 0.5) is 0 Å². The zero-order valence-electron chi connectivity index (χ0n) is 7.24. The number of ketones is 1. The molecular weight excluding hydrogens is 174 g/mol. The van der Waals surface area contributed by atoms with Crippen molar-refractivity contribution in [2.45, 2.75) is 19.4 Å². The molecule has 0 radical (unpaired) electrons. The van der Waals surface area contributed by atoms with Gasteiger partial charge in [-0.2, -0.15) is 0 Å². The number of amides is 2. The summed E-state index contributed by atoms with van der Waals surface area (Å²) in [6.07, 6.45) is 0.710. The maximum atomic E-state index is 11.1. The lowest BCUT2D eigenvalue weighted by Gasteiger charge is -2.18. The van der Waals surface area contributed by atoms with Crippen LogP contribution in [0, 0.1) is 0 Å². The van der Waals surface area contributed by atoms with Crippen LogP contribution in [-0.4, -0.2) is 35.2 Å². The van der Waals surface area contributed by atoms with Crippen molar-refractivity contribution in [2.75, 3.05) is 6.54 Å². The summed E-state index contributed by atoms with van der Waals surface area (Å²) in [6.45, 7) is 2.26. The molecule has 0 bridgehead atoms. The lowest BCUT2D eigenvalue weighted by atomic mass is 10.2. The van der Waals surface area contributed by atoms with Crippen molar-refractivity contribution in [2.24, 2.45) is 5.84 Å². The molecular formula is C7H11N3O3. The Morgan fingerprint density at radius 2 is 2.08 bits per heavy atom. The van der Waals surface area contributed by atoms with Gasteiger partial charge in [-0.1, -0.05) is 6.92 Å². The van der Waals surface area contributed by atoms with Crippen LogP contribution in [0.2, 0.25) is 0 Å². The summed E-state index contributed by atoms with van der Waals surface area (Å²) in [6, 6.07) is -1.13. The highest BCUT2D eigenvalue weighted by Gasteiger charge is 2.42. The molecule has 0 saturated carbocycles. The second kappa shape index (κ2) is 3.63. The van der Waals surface area contributed by atoms with Gasteiger partial charge in [0.05, 0.1) is 0 Å². The monoisotopic (exact) mass is 185 g/mol. The van der Waals surface area contributed by atoms with E-state index >= 15 is 0 Å². The van der Waals surface area contributed by atoms with E-state index in [9.17, 15) is 14.4 Å². The molecule has 3 N–H and O–H groups in total. The lowest BCUT2D eigenvalue weighted by Crippen LogP contribution is -2.48. The summed E-state index contributed by atoms with van der Waals surface area (Å²) in [7, 11) is 0. The Kier molecular flexibility index (Phi) is 2.74. The molecule has 1 saturated heterocycles. The first-order valence-corrected chi connectivity index (χ1v) is 3.98. The maximum absolute atomic E-state index is 11.1. The second-order valence-electron chi connectivity index (χ2n) is 2.82. The topological polar surface area (TPSA) is 92.5 Å². The predicted molar refractivity (Wildman–Crippen MR) is 43.1 cm³/mol. The normalized spacial score (nSPS) is 22.7. The molecule has 0 aromatic rings. The molecule has 1 heterocycles. The standard InChI is InChI=1S/C7H11N3O3/c1-2-3-10(8)4-5(11)7(13)9-6(4)12/h4H,2-3,8H2,1H3,(H,9,12,13). The first-order chi connectivity index (χ1) is 6.07. The van der Waals surface area contributed by atoms with Crippen LogP contribution in [0.25, 0.3) is 0 Å². The number of hydrogen-bond acceptors (Lipinski definition) is 5. The van der Waals surface area contributed by atoms with E-state index in [1.165, 1.54) is 0 Å². The predicted octanol–water partition coefficient (Wildman–Crippen LogP) is -1.83. The minimum Gasteiger partial charge on any atom is -0.288 e. The molecule has 0 aromatic heterocycles. The van der Waals surface area contributed by atoms with Gasteiger partial charge >= 0.3 is 0 Å². The van der Waals surface area contributed by atoms with Gasteiger partial charge in [0, 0.05) is 6.54 Å². The van der Waals surface area contributed by atoms with Gasteiger partial charge in [0.15, 0.2) is 6.04 Å². The van der Waals surface area contributed by atoms with E-state index in [-0.39, 0.29) is 0 Å². The molecule has 13 heavy (non-hydrogen) atoms. The van der Waals surface area contributed by atoms with Crippen LogP contribution in [0.3, 0.4) is 0 Å². The number of rotatable bonds is 3. The molecule has 2 amide bonds. The molecule has 6 nitrogen and oxygen atoms in total. The number of hydrogen-bond donors (Lipinski definition) is 2. The summed E-state index contributed by atoms with van der Waals surface area (Å²) < 4.78 is 0. The highest BCUT2D eigenvalue weighted by atomic mass is 16.2. The number of nitrogens with two attached hydrogens (primary N) is 1. The second-order valence-corrected chi connectivity index (χ2v) is 2.82. The number of imide groups is 1. The van der Waals surface area contributed by atoms with Gasteiger partial charge in [-0.15, -0.1) is 0 Å². The molecule has 0 aliphatic carbocycles. The van der Waals surface area contributed by atoms with Gasteiger partial charge < -0.3 is 0 Å². The number of nitrogens with zero attached hydrogens (tertiary/aromatic N) is 1. The Hall–Kier alpha value is -1.27. The van der Waals surface area contributed by atoms with E-state index in [0.29, 0.717) is 13.0 Å². The first kappa shape index (κ1) is 9.82. The van der Waals surface area contributed by atoms with Gasteiger partial charge in [-0.3, -0.25) is 25.5 Å². The Morgan fingerprint density at radius 1 is 1.46 bits per heavy atom. The first-order valence-electron chi connectivity index (χ1n) is 3.98. The summed E-state index contributed by atoms with van der Waals surface area (Å²) in [5.41, 5.74) is 0. The summed E-state index contributed by atoms with van der Waals surface area (Å²) in [5.74, 6) is 3.15. The van der Waals surface area contributed by atoms with Gasteiger partial charge in [0.25, 0.3) is 11.8 Å². The van der Waals surface area contributed by atoms with Crippen LogP contribution in [0.5, 0.6) is 0 Å². The third-order valence-electron chi connectivity index (χ3n) is 1.77. The third kappa shape index (κ3) is 1.73. The smallest absolute Gasteiger partial charge is 0.288 e. The van der Waals surface area contributed by atoms with Crippen LogP contribution < -0.4 is 11.2 Å². The molecule has 0 aromatic carbocycles. The largest absolute Gasteiger partial charge is 0.296 e. The van der Waals surface area contributed by atoms with E-state index in [0.717, 1.165) is 5.01 Å². The van der Waals surface area contributed by atoms with Crippen LogP contribution >= 0.6 is 0 Å². The Balaban J connectivity index is 2.73. The minimum absolute atomic E-state index is 0.400. The highest BCUT2D eigenvalue weighted by molar-refractivity contribution is 6.49. The molecule has 1 atom stereocenters. The Bertz CT molecular complexity index is 264. The summed E-state index contributed by atoms with van der Waals surface area (Å²) >= 11 is 0. The SMILES string of the molecule is CCCN(N)C1C(=O)NC(=O)C1=O. The van der Waals surface area contributed by atoms with Crippen molar-refractivity contribution in [3.63, 3.8) is 0 Å². The summed E-state index contributed by atoms with van der Waals surface area (Å²) in [5, 5.41) is 2.99. The Morgan fingerprint density at radius 3 is 2.46 bits per heavy atom. The third-order valence-corrected chi connectivity index (χ3v) is 1.77. The lowest BCUT2D eigenvalue weighted by molar-refractivity contribution is -0.137. The molecule has 0 spiro atoms. The zero-order valence-corrected chi connectivity index (χ0v) is 7.24. The van der Waals surface area contributed by atoms with E-state index in [1.54, 1.807) is 0 Å². The van der Waals surface area contributed by atoms with Crippen molar-refractivity contribution >= 4 is 17.6 Å². The van der Waals surface area contributed by atoms with E-state index in [4.69, 9.17) is 5.84 Å². The molecule has 1 aliphatic heterocycles. The van der Waals surface area contributed by atoms with Gasteiger partial charge in [-0.05, 0) is 6.42 Å². The molecule has 1 rings (SSSR count). The Labute approximate surface area is 75.0 Å². The van der Waals surface area contributed by atoms with Crippen molar-refractivity contribution in [1.82, 2.24) is 10.3 Å².